The summed E-state index contributed by atoms with van der Waals surface area (Å²) < 4.78 is 13.4. The summed E-state index contributed by atoms with van der Waals surface area (Å²) in [5, 5.41) is 12.1. The molecule has 5 heteroatoms. The van der Waals surface area contributed by atoms with Crippen molar-refractivity contribution in [2.24, 2.45) is 0 Å². The van der Waals surface area contributed by atoms with Gasteiger partial charge in [0, 0.05) is 4.90 Å². The van der Waals surface area contributed by atoms with E-state index in [4.69, 9.17) is 0 Å². The fraction of sp³-hybridized carbons (Fsp3) is 0.188. The molecule has 0 unspecified atom stereocenters. The number of hydrogen-bond acceptors (Lipinski definition) is 3. The normalized spacial score (nSPS) is 11.9. The Labute approximate surface area is 127 Å². The molecule has 0 aliphatic rings. The van der Waals surface area contributed by atoms with E-state index >= 15 is 0 Å². The Morgan fingerprint density at radius 2 is 1.81 bits per heavy atom. The van der Waals surface area contributed by atoms with Crippen LogP contribution in [0.1, 0.15) is 11.6 Å². The lowest BCUT2D eigenvalue weighted by atomic mass is 10.1. The minimum absolute atomic E-state index is 0.101. The zero-order valence-electron chi connectivity index (χ0n) is 11.3. The molecule has 0 heterocycles. The fourth-order valence-electron chi connectivity index (χ4n) is 1.86. The first-order valence-electron chi connectivity index (χ1n) is 6.53. The fourth-order valence-corrected chi connectivity index (χ4v) is 2.61. The summed E-state index contributed by atoms with van der Waals surface area (Å²) in [6.07, 6.45) is 0. The molecule has 0 fully saturated rings. The van der Waals surface area contributed by atoms with Crippen LogP contribution in [0.25, 0.3) is 0 Å². The molecular weight excluding hydrogens is 289 g/mol. The van der Waals surface area contributed by atoms with Gasteiger partial charge in [-0.05, 0) is 17.7 Å². The van der Waals surface area contributed by atoms with Gasteiger partial charge in [-0.3, -0.25) is 4.79 Å². The molecule has 21 heavy (non-hydrogen) atoms. The maximum atomic E-state index is 13.4. The van der Waals surface area contributed by atoms with Gasteiger partial charge < -0.3 is 10.4 Å². The molecule has 110 valence electrons. The number of halogens is 1. The summed E-state index contributed by atoms with van der Waals surface area (Å²) in [7, 11) is 0. The van der Waals surface area contributed by atoms with Crippen LogP contribution >= 0.6 is 11.8 Å². The molecule has 0 saturated heterocycles. The average molecular weight is 305 g/mol. The van der Waals surface area contributed by atoms with Gasteiger partial charge >= 0.3 is 0 Å². The van der Waals surface area contributed by atoms with Crippen molar-refractivity contribution >= 4 is 17.7 Å². The van der Waals surface area contributed by atoms with Gasteiger partial charge in [-0.2, -0.15) is 0 Å². The van der Waals surface area contributed by atoms with E-state index in [1.54, 1.807) is 18.2 Å². The third-order valence-electron chi connectivity index (χ3n) is 2.92. The zero-order chi connectivity index (χ0) is 15.1. The lowest BCUT2D eigenvalue weighted by Crippen LogP contribution is -2.32. The highest BCUT2D eigenvalue weighted by atomic mass is 32.2. The molecule has 0 aromatic heterocycles. The van der Waals surface area contributed by atoms with Crippen LogP contribution in [-0.4, -0.2) is 23.4 Å². The van der Waals surface area contributed by atoms with Crippen molar-refractivity contribution in [3.8, 4) is 0 Å². The van der Waals surface area contributed by atoms with Crippen LogP contribution in [0.2, 0.25) is 0 Å². The number of carbonyl (C=O) groups is 1. The van der Waals surface area contributed by atoms with Gasteiger partial charge in [-0.1, -0.05) is 42.5 Å². The van der Waals surface area contributed by atoms with Gasteiger partial charge in [0.05, 0.1) is 18.4 Å². The third kappa shape index (κ3) is 4.58. The summed E-state index contributed by atoms with van der Waals surface area (Å²) in [5.74, 6) is -0.479. The quantitative estimate of drug-likeness (QED) is 0.807. The molecule has 3 nitrogen and oxygen atoms in total. The van der Waals surface area contributed by atoms with E-state index in [1.165, 1.54) is 6.07 Å². The number of thioether (sulfide) groups is 1. The van der Waals surface area contributed by atoms with Crippen molar-refractivity contribution in [2.45, 2.75) is 10.9 Å². The molecule has 1 amide bonds. The standard InChI is InChI=1S/C16H16FNO2S/c17-13-8-4-5-9-15(13)21-11-16(20)18-14(10-19)12-6-2-1-3-7-12/h1-9,14,19H,10-11H2,(H,18,20)/t14-/m0/s1. The molecule has 0 saturated carbocycles. The lowest BCUT2D eigenvalue weighted by Gasteiger charge is -2.16. The van der Waals surface area contributed by atoms with Crippen LogP contribution in [0.4, 0.5) is 4.39 Å². The number of hydrogen-bond donors (Lipinski definition) is 2. The van der Waals surface area contributed by atoms with Crippen molar-refractivity contribution in [3.63, 3.8) is 0 Å². The zero-order valence-corrected chi connectivity index (χ0v) is 12.1. The van der Waals surface area contributed by atoms with Crippen LogP contribution in [0, 0.1) is 5.82 Å². The van der Waals surface area contributed by atoms with Crippen molar-refractivity contribution < 1.29 is 14.3 Å². The smallest absolute Gasteiger partial charge is 0.230 e. The van der Waals surface area contributed by atoms with Gasteiger partial charge in [0.25, 0.3) is 0 Å². The lowest BCUT2D eigenvalue weighted by molar-refractivity contribution is -0.119. The van der Waals surface area contributed by atoms with Gasteiger partial charge in [-0.25, -0.2) is 4.39 Å². The molecule has 0 radical (unpaired) electrons. The summed E-state index contributed by atoms with van der Waals surface area (Å²) in [6.45, 7) is -0.180. The maximum Gasteiger partial charge on any atom is 0.230 e. The van der Waals surface area contributed by atoms with Crippen LogP contribution in [0.5, 0.6) is 0 Å². The Balaban J connectivity index is 1.90. The summed E-state index contributed by atoms with van der Waals surface area (Å²) in [5.41, 5.74) is 0.837. The highest BCUT2D eigenvalue weighted by molar-refractivity contribution is 8.00. The van der Waals surface area contributed by atoms with Gasteiger partial charge in [0.2, 0.25) is 5.91 Å². The SMILES string of the molecule is O=C(CSc1ccccc1F)N[C@@H](CO)c1ccccc1. The van der Waals surface area contributed by atoms with Crippen LogP contribution in [0.15, 0.2) is 59.5 Å². The highest BCUT2D eigenvalue weighted by Gasteiger charge is 2.14. The summed E-state index contributed by atoms with van der Waals surface area (Å²) in [6, 6.07) is 15.1. The van der Waals surface area contributed by atoms with Crippen molar-refractivity contribution in [3.05, 3.63) is 66.0 Å². The van der Waals surface area contributed by atoms with E-state index in [-0.39, 0.29) is 24.1 Å². The molecule has 2 N–H and O–H groups in total. The molecule has 2 aromatic carbocycles. The maximum absolute atomic E-state index is 13.4. The number of rotatable bonds is 6. The predicted octanol–water partition coefficient (Wildman–Crippen LogP) is 2.77. The Kier molecular flexibility index (Phi) is 5.78. The Bertz CT molecular complexity index is 592. The van der Waals surface area contributed by atoms with Gasteiger partial charge in [0.1, 0.15) is 5.82 Å². The third-order valence-corrected chi connectivity index (χ3v) is 3.96. The first-order valence-corrected chi connectivity index (χ1v) is 7.51. The molecule has 0 bridgehead atoms. The minimum atomic E-state index is -0.445. The Hall–Kier alpha value is -1.85. The largest absolute Gasteiger partial charge is 0.394 e. The number of aliphatic hydroxyl groups excluding tert-OH is 1. The first-order chi connectivity index (χ1) is 10.2. The molecule has 2 aromatic rings. The highest BCUT2D eigenvalue weighted by Crippen LogP contribution is 2.21. The summed E-state index contributed by atoms with van der Waals surface area (Å²) >= 11 is 1.13. The topological polar surface area (TPSA) is 49.3 Å². The molecule has 0 spiro atoms. The van der Waals surface area contributed by atoms with E-state index in [1.807, 2.05) is 30.3 Å². The van der Waals surface area contributed by atoms with E-state index in [9.17, 15) is 14.3 Å². The van der Waals surface area contributed by atoms with Crippen molar-refractivity contribution in [1.29, 1.82) is 0 Å². The Morgan fingerprint density at radius 3 is 2.48 bits per heavy atom. The van der Waals surface area contributed by atoms with Crippen LogP contribution in [0.3, 0.4) is 0 Å². The second-order valence-corrected chi connectivity index (χ2v) is 5.45. The molecule has 1 atom stereocenters. The van der Waals surface area contributed by atoms with E-state index in [0.717, 1.165) is 17.3 Å². The second kappa shape index (κ2) is 7.81. The van der Waals surface area contributed by atoms with Crippen LogP contribution in [-0.2, 0) is 4.79 Å². The van der Waals surface area contributed by atoms with E-state index < -0.39 is 6.04 Å². The second-order valence-electron chi connectivity index (χ2n) is 4.43. The number of benzene rings is 2. The predicted molar refractivity (Wildman–Crippen MR) is 81.5 cm³/mol. The van der Waals surface area contributed by atoms with Gasteiger partial charge in [-0.15, -0.1) is 11.8 Å². The molecule has 0 aliphatic carbocycles. The number of carbonyl (C=O) groups excluding carboxylic acids is 1. The van der Waals surface area contributed by atoms with Crippen molar-refractivity contribution in [2.75, 3.05) is 12.4 Å². The Morgan fingerprint density at radius 1 is 1.14 bits per heavy atom. The van der Waals surface area contributed by atoms with Gasteiger partial charge in [0.15, 0.2) is 0 Å². The average Bonchev–Trinajstić information content (AvgIpc) is 2.52. The van der Waals surface area contributed by atoms with Crippen molar-refractivity contribution in [1.82, 2.24) is 5.32 Å². The summed E-state index contributed by atoms with van der Waals surface area (Å²) in [4.78, 5) is 12.3. The minimum Gasteiger partial charge on any atom is -0.394 e. The number of aliphatic hydroxyl groups is 1. The molecule has 0 aliphatic heterocycles. The van der Waals surface area contributed by atoms with E-state index in [0.29, 0.717) is 4.90 Å². The van der Waals surface area contributed by atoms with E-state index in [2.05, 4.69) is 5.32 Å². The molecular formula is C16H16FNO2S. The molecule has 2 rings (SSSR count). The first kappa shape index (κ1) is 15.5. The number of amides is 1. The monoisotopic (exact) mass is 305 g/mol. The van der Waals surface area contributed by atoms with Crippen LogP contribution < -0.4 is 5.32 Å². The number of nitrogens with one attached hydrogen (secondary N) is 1.